The zero-order valence-electron chi connectivity index (χ0n) is 13.1. The minimum atomic E-state index is 0.484. The fourth-order valence-electron chi connectivity index (χ4n) is 3.40. The van der Waals surface area contributed by atoms with E-state index in [1.54, 1.807) is 0 Å². The number of fused-ring (bicyclic) bond motifs is 1. The minimum absolute atomic E-state index is 0.484. The van der Waals surface area contributed by atoms with Crippen LogP contribution in [0.2, 0.25) is 0 Å². The Bertz CT molecular complexity index is 638. The molecular weight excluding hydrogens is 260 g/mol. The van der Waals surface area contributed by atoms with Crippen molar-refractivity contribution in [1.82, 2.24) is 9.88 Å². The third kappa shape index (κ3) is 2.61. The number of hydrogen-bond donors (Lipinski definition) is 1. The van der Waals surface area contributed by atoms with E-state index in [1.807, 2.05) is 6.07 Å². The minimum Gasteiger partial charge on any atom is -0.369 e. The zero-order chi connectivity index (χ0) is 15.0. The summed E-state index contributed by atoms with van der Waals surface area (Å²) in [6.45, 7) is 4.96. The molecule has 3 rings (SSSR count). The predicted molar refractivity (Wildman–Crippen MR) is 88.5 cm³/mol. The Labute approximate surface area is 126 Å². The van der Waals surface area contributed by atoms with Crippen LogP contribution in [-0.2, 0) is 6.54 Å². The number of hydrogen-bond acceptors (Lipinski definition) is 4. The average molecular weight is 284 g/mol. The van der Waals surface area contributed by atoms with Crippen LogP contribution in [0.4, 0.5) is 5.69 Å². The van der Waals surface area contributed by atoms with E-state index in [4.69, 9.17) is 5.73 Å². The van der Waals surface area contributed by atoms with Crippen LogP contribution in [0, 0.1) is 5.92 Å². The summed E-state index contributed by atoms with van der Waals surface area (Å²) in [4.78, 5) is 9.45. The smallest absolute Gasteiger partial charge is 0.0726 e. The highest BCUT2D eigenvalue weighted by molar-refractivity contribution is 5.92. The second kappa shape index (κ2) is 5.62. The maximum absolute atomic E-state index is 5.82. The van der Waals surface area contributed by atoms with E-state index in [2.05, 4.69) is 60.1 Å². The quantitative estimate of drug-likeness (QED) is 0.937. The van der Waals surface area contributed by atoms with Crippen LogP contribution in [-0.4, -0.2) is 43.1 Å². The summed E-state index contributed by atoms with van der Waals surface area (Å²) in [5, 5.41) is 1.22. The molecule has 4 nitrogen and oxygen atoms in total. The molecule has 0 saturated carbocycles. The molecule has 2 aromatic rings. The zero-order valence-corrected chi connectivity index (χ0v) is 13.1. The van der Waals surface area contributed by atoms with Gasteiger partial charge in [-0.05, 0) is 32.1 Å². The maximum Gasteiger partial charge on any atom is 0.0726 e. The first kappa shape index (κ1) is 14.3. The van der Waals surface area contributed by atoms with Gasteiger partial charge in [0, 0.05) is 36.7 Å². The van der Waals surface area contributed by atoms with Gasteiger partial charge in [0.25, 0.3) is 0 Å². The van der Waals surface area contributed by atoms with Crippen molar-refractivity contribution >= 4 is 16.6 Å². The summed E-state index contributed by atoms with van der Waals surface area (Å²) >= 11 is 0. The molecule has 1 aromatic heterocycles. The highest BCUT2D eigenvalue weighted by atomic mass is 15.2. The molecule has 1 aromatic carbocycles. The highest BCUT2D eigenvalue weighted by Gasteiger charge is 2.31. The van der Waals surface area contributed by atoms with Crippen molar-refractivity contribution in [2.24, 2.45) is 11.7 Å². The number of para-hydroxylation sites is 1. The number of nitrogens with two attached hydrogens (primary N) is 1. The lowest BCUT2D eigenvalue weighted by atomic mass is 10.1. The summed E-state index contributed by atoms with van der Waals surface area (Å²) in [7, 11) is 4.33. The molecule has 1 saturated heterocycles. The van der Waals surface area contributed by atoms with Crippen molar-refractivity contribution in [2.75, 3.05) is 32.1 Å². The summed E-state index contributed by atoms with van der Waals surface area (Å²) in [5.41, 5.74) is 9.10. The molecule has 112 valence electrons. The standard InChI is InChI=1S/C17H24N4/c1-12-10-21(11-17(12)20(2)3)16-8-13(9-18)19-15-7-5-4-6-14(15)16/h4-8,12,17H,9-11,18H2,1-3H3. The Morgan fingerprint density at radius 2 is 2.05 bits per heavy atom. The van der Waals surface area contributed by atoms with Crippen molar-refractivity contribution in [3.05, 3.63) is 36.0 Å². The van der Waals surface area contributed by atoms with E-state index in [1.165, 1.54) is 11.1 Å². The van der Waals surface area contributed by atoms with Crippen LogP contribution in [0.5, 0.6) is 0 Å². The summed E-state index contributed by atoms with van der Waals surface area (Å²) < 4.78 is 0. The van der Waals surface area contributed by atoms with Crippen LogP contribution in [0.25, 0.3) is 10.9 Å². The number of benzene rings is 1. The van der Waals surface area contributed by atoms with E-state index in [0.717, 1.165) is 24.3 Å². The van der Waals surface area contributed by atoms with Crippen LogP contribution in [0.3, 0.4) is 0 Å². The third-order valence-electron chi connectivity index (χ3n) is 4.53. The van der Waals surface area contributed by atoms with Crippen molar-refractivity contribution in [2.45, 2.75) is 19.5 Å². The Hall–Kier alpha value is -1.65. The van der Waals surface area contributed by atoms with Crippen LogP contribution in [0.15, 0.2) is 30.3 Å². The summed E-state index contributed by atoms with van der Waals surface area (Å²) in [6, 6.07) is 11.1. The van der Waals surface area contributed by atoms with Crippen molar-refractivity contribution in [3.8, 4) is 0 Å². The first-order valence-electron chi connectivity index (χ1n) is 7.60. The van der Waals surface area contributed by atoms with Gasteiger partial charge in [-0.15, -0.1) is 0 Å². The number of rotatable bonds is 3. The second-order valence-electron chi connectivity index (χ2n) is 6.27. The van der Waals surface area contributed by atoms with Gasteiger partial charge in [-0.3, -0.25) is 4.98 Å². The molecule has 0 amide bonds. The monoisotopic (exact) mass is 284 g/mol. The lowest BCUT2D eigenvalue weighted by Gasteiger charge is -2.24. The molecule has 2 heterocycles. The normalized spacial score (nSPS) is 22.4. The number of nitrogens with zero attached hydrogens (tertiary/aromatic N) is 3. The molecule has 1 fully saturated rings. The Balaban J connectivity index is 2.04. The van der Waals surface area contributed by atoms with Gasteiger partial charge in [-0.1, -0.05) is 25.1 Å². The molecule has 0 spiro atoms. The number of likely N-dealkylation sites (N-methyl/N-ethyl adjacent to an activating group) is 1. The molecule has 1 aliphatic rings. The Morgan fingerprint density at radius 1 is 1.29 bits per heavy atom. The van der Waals surface area contributed by atoms with E-state index >= 15 is 0 Å². The maximum atomic E-state index is 5.82. The fourth-order valence-corrected chi connectivity index (χ4v) is 3.40. The lowest BCUT2D eigenvalue weighted by molar-refractivity contribution is 0.266. The molecule has 0 aliphatic carbocycles. The number of aromatic nitrogens is 1. The van der Waals surface area contributed by atoms with Gasteiger partial charge in [0.2, 0.25) is 0 Å². The predicted octanol–water partition coefficient (Wildman–Crippen LogP) is 2.08. The van der Waals surface area contributed by atoms with Crippen molar-refractivity contribution in [1.29, 1.82) is 0 Å². The number of anilines is 1. The van der Waals surface area contributed by atoms with Crippen LogP contribution >= 0.6 is 0 Å². The van der Waals surface area contributed by atoms with Crippen LogP contribution < -0.4 is 10.6 Å². The topological polar surface area (TPSA) is 45.4 Å². The van der Waals surface area contributed by atoms with E-state index in [-0.39, 0.29) is 0 Å². The average Bonchev–Trinajstić information content (AvgIpc) is 2.88. The van der Waals surface area contributed by atoms with Crippen molar-refractivity contribution < 1.29 is 0 Å². The van der Waals surface area contributed by atoms with Gasteiger partial charge in [-0.25, -0.2) is 0 Å². The SMILES string of the molecule is CC1CN(c2cc(CN)nc3ccccc23)CC1N(C)C. The van der Waals surface area contributed by atoms with E-state index in [9.17, 15) is 0 Å². The lowest BCUT2D eigenvalue weighted by Crippen LogP contribution is -2.34. The van der Waals surface area contributed by atoms with Gasteiger partial charge >= 0.3 is 0 Å². The van der Waals surface area contributed by atoms with E-state index < -0.39 is 0 Å². The molecule has 2 atom stereocenters. The fraction of sp³-hybridized carbons (Fsp3) is 0.471. The van der Waals surface area contributed by atoms with Gasteiger partial charge in [-0.2, -0.15) is 0 Å². The molecule has 2 N–H and O–H groups in total. The second-order valence-corrected chi connectivity index (χ2v) is 6.27. The molecule has 21 heavy (non-hydrogen) atoms. The van der Waals surface area contributed by atoms with Crippen LogP contribution in [0.1, 0.15) is 12.6 Å². The molecule has 4 heteroatoms. The van der Waals surface area contributed by atoms with Gasteiger partial charge in [0.1, 0.15) is 0 Å². The molecule has 0 bridgehead atoms. The Morgan fingerprint density at radius 3 is 2.71 bits per heavy atom. The van der Waals surface area contributed by atoms with Gasteiger partial charge in [0.15, 0.2) is 0 Å². The first-order valence-corrected chi connectivity index (χ1v) is 7.60. The number of pyridine rings is 1. The highest BCUT2D eigenvalue weighted by Crippen LogP contribution is 2.32. The first-order chi connectivity index (χ1) is 10.1. The van der Waals surface area contributed by atoms with Gasteiger partial charge in [0.05, 0.1) is 11.2 Å². The molecule has 0 radical (unpaired) electrons. The largest absolute Gasteiger partial charge is 0.369 e. The molecule has 2 unspecified atom stereocenters. The molecular formula is C17H24N4. The Kier molecular flexibility index (Phi) is 3.83. The third-order valence-corrected chi connectivity index (χ3v) is 4.53. The summed E-state index contributed by atoms with van der Waals surface area (Å²) in [5.74, 6) is 0.660. The van der Waals surface area contributed by atoms with Gasteiger partial charge < -0.3 is 15.5 Å². The van der Waals surface area contributed by atoms with E-state index in [0.29, 0.717) is 18.5 Å². The molecule has 1 aliphatic heterocycles. The summed E-state index contributed by atoms with van der Waals surface area (Å²) in [6.07, 6.45) is 0. The van der Waals surface area contributed by atoms with Crippen molar-refractivity contribution in [3.63, 3.8) is 0 Å².